The molecule has 6 heteroatoms. The Balaban J connectivity index is 2.59. The van der Waals surface area contributed by atoms with Gasteiger partial charge in [0, 0.05) is 6.20 Å². The highest BCUT2D eigenvalue weighted by atomic mass is 16.4. The van der Waals surface area contributed by atoms with Crippen molar-refractivity contribution in [3.8, 4) is 0 Å². The zero-order valence-electron chi connectivity index (χ0n) is 9.73. The van der Waals surface area contributed by atoms with Gasteiger partial charge in [-0.15, -0.1) is 0 Å². The van der Waals surface area contributed by atoms with Gasteiger partial charge >= 0.3 is 12.0 Å². The number of carboxylic acid groups (broad SMARTS) is 1. The zero-order chi connectivity index (χ0) is 12.8. The third-order valence-corrected chi connectivity index (χ3v) is 2.09. The number of amides is 2. The molecule has 0 saturated carbocycles. The Labute approximate surface area is 99.1 Å². The molecule has 0 fully saturated rings. The van der Waals surface area contributed by atoms with Crippen molar-refractivity contribution in [2.24, 2.45) is 0 Å². The standard InChI is InChI=1S/C11H15N3O3/c1-7(2)8-3-4-12-9(5-8)14-11(17)13-6-10(15)16/h3-5,7H,6H2,1-2H3,(H,15,16)(H2,12,13,14,17). The van der Waals surface area contributed by atoms with Crippen LogP contribution >= 0.6 is 0 Å². The van der Waals surface area contributed by atoms with Crippen LogP contribution in [0.4, 0.5) is 10.6 Å². The summed E-state index contributed by atoms with van der Waals surface area (Å²) in [6, 6.07) is 3.04. The van der Waals surface area contributed by atoms with Crippen LogP contribution in [0, 0.1) is 0 Å². The van der Waals surface area contributed by atoms with Gasteiger partial charge in [-0.05, 0) is 23.6 Å². The number of urea groups is 1. The lowest BCUT2D eigenvalue weighted by Crippen LogP contribution is -2.33. The van der Waals surface area contributed by atoms with Crippen molar-refractivity contribution < 1.29 is 14.7 Å². The van der Waals surface area contributed by atoms with E-state index in [-0.39, 0.29) is 0 Å². The van der Waals surface area contributed by atoms with Crippen LogP contribution in [0.3, 0.4) is 0 Å². The van der Waals surface area contributed by atoms with Crippen LogP contribution in [0.5, 0.6) is 0 Å². The molecule has 6 nitrogen and oxygen atoms in total. The summed E-state index contributed by atoms with van der Waals surface area (Å²) >= 11 is 0. The summed E-state index contributed by atoms with van der Waals surface area (Å²) in [4.78, 5) is 25.5. The quantitative estimate of drug-likeness (QED) is 0.738. The topological polar surface area (TPSA) is 91.3 Å². The van der Waals surface area contributed by atoms with Crippen molar-refractivity contribution in [1.82, 2.24) is 10.3 Å². The molecule has 0 aliphatic carbocycles. The Morgan fingerprint density at radius 1 is 1.47 bits per heavy atom. The number of pyridine rings is 1. The van der Waals surface area contributed by atoms with E-state index in [1.54, 1.807) is 12.3 Å². The van der Waals surface area contributed by atoms with E-state index in [0.717, 1.165) is 5.56 Å². The minimum absolute atomic E-state index is 0.334. The van der Waals surface area contributed by atoms with Gasteiger partial charge in [-0.3, -0.25) is 10.1 Å². The number of nitrogens with one attached hydrogen (secondary N) is 2. The molecule has 0 aliphatic heterocycles. The first-order valence-corrected chi connectivity index (χ1v) is 5.21. The van der Waals surface area contributed by atoms with Gasteiger partial charge in [0.2, 0.25) is 0 Å². The van der Waals surface area contributed by atoms with E-state index in [2.05, 4.69) is 15.6 Å². The molecule has 0 atom stereocenters. The van der Waals surface area contributed by atoms with Gasteiger partial charge in [-0.25, -0.2) is 9.78 Å². The molecule has 1 rings (SSSR count). The summed E-state index contributed by atoms with van der Waals surface area (Å²) in [5.41, 5.74) is 1.05. The number of rotatable bonds is 4. The number of carbonyl (C=O) groups excluding carboxylic acids is 1. The van der Waals surface area contributed by atoms with Crippen molar-refractivity contribution in [1.29, 1.82) is 0 Å². The summed E-state index contributed by atoms with van der Waals surface area (Å²) in [6.07, 6.45) is 1.60. The second kappa shape index (κ2) is 5.83. The highest BCUT2D eigenvalue weighted by molar-refractivity contribution is 5.90. The van der Waals surface area contributed by atoms with Crippen molar-refractivity contribution >= 4 is 17.8 Å². The van der Waals surface area contributed by atoms with Gasteiger partial charge in [-0.2, -0.15) is 0 Å². The van der Waals surface area contributed by atoms with Crippen LogP contribution in [-0.4, -0.2) is 28.6 Å². The van der Waals surface area contributed by atoms with Crippen molar-refractivity contribution in [3.63, 3.8) is 0 Å². The third-order valence-electron chi connectivity index (χ3n) is 2.09. The highest BCUT2D eigenvalue weighted by Crippen LogP contribution is 2.16. The number of hydrogen-bond donors (Lipinski definition) is 3. The minimum Gasteiger partial charge on any atom is -0.480 e. The SMILES string of the molecule is CC(C)c1ccnc(NC(=O)NCC(=O)O)c1. The van der Waals surface area contributed by atoms with Gasteiger partial charge in [0.05, 0.1) is 0 Å². The fourth-order valence-corrected chi connectivity index (χ4v) is 1.19. The number of carboxylic acids is 1. The molecule has 17 heavy (non-hydrogen) atoms. The molecule has 0 saturated heterocycles. The Bertz CT molecular complexity index is 418. The van der Waals surface area contributed by atoms with Crippen LogP contribution in [0.25, 0.3) is 0 Å². The number of aromatic nitrogens is 1. The van der Waals surface area contributed by atoms with Crippen LogP contribution in [0.1, 0.15) is 25.3 Å². The predicted molar refractivity (Wildman–Crippen MR) is 63.0 cm³/mol. The van der Waals surface area contributed by atoms with Crippen LogP contribution in [0.15, 0.2) is 18.3 Å². The lowest BCUT2D eigenvalue weighted by molar-refractivity contribution is -0.135. The van der Waals surface area contributed by atoms with Crippen molar-refractivity contribution in [2.45, 2.75) is 19.8 Å². The lowest BCUT2D eigenvalue weighted by atomic mass is 10.1. The summed E-state index contributed by atoms with van der Waals surface area (Å²) in [7, 11) is 0. The maximum Gasteiger partial charge on any atom is 0.323 e. The van der Waals surface area contributed by atoms with E-state index >= 15 is 0 Å². The summed E-state index contributed by atoms with van der Waals surface area (Å²) < 4.78 is 0. The fraction of sp³-hybridized carbons (Fsp3) is 0.364. The molecule has 92 valence electrons. The van der Waals surface area contributed by atoms with Gasteiger partial charge in [-0.1, -0.05) is 13.8 Å². The van der Waals surface area contributed by atoms with E-state index in [1.807, 2.05) is 19.9 Å². The number of carbonyl (C=O) groups is 2. The van der Waals surface area contributed by atoms with E-state index < -0.39 is 18.5 Å². The first kappa shape index (κ1) is 13.0. The van der Waals surface area contributed by atoms with E-state index in [0.29, 0.717) is 11.7 Å². The molecular formula is C11H15N3O3. The van der Waals surface area contributed by atoms with E-state index in [4.69, 9.17) is 5.11 Å². The molecule has 1 aromatic rings. The normalized spacial score (nSPS) is 10.1. The van der Waals surface area contributed by atoms with Crippen molar-refractivity contribution in [3.05, 3.63) is 23.9 Å². The van der Waals surface area contributed by atoms with Gasteiger partial charge in [0.25, 0.3) is 0 Å². The van der Waals surface area contributed by atoms with Crippen molar-refractivity contribution in [2.75, 3.05) is 11.9 Å². The average molecular weight is 237 g/mol. The summed E-state index contributed by atoms with van der Waals surface area (Å²) in [5, 5.41) is 13.0. The number of hydrogen-bond acceptors (Lipinski definition) is 3. The molecule has 2 amide bonds. The molecule has 3 N–H and O–H groups in total. The molecular weight excluding hydrogens is 222 g/mol. The Hall–Kier alpha value is -2.11. The van der Waals surface area contributed by atoms with Gasteiger partial charge in [0.1, 0.15) is 12.4 Å². The maximum atomic E-state index is 11.3. The van der Waals surface area contributed by atoms with Crippen LogP contribution in [0.2, 0.25) is 0 Å². The third kappa shape index (κ3) is 4.50. The second-order valence-electron chi connectivity index (χ2n) is 3.83. The monoisotopic (exact) mass is 237 g/mol. The van der Waals surface area contributed by atoms with Crippen LogP contribution < -0.4 is 10.6 Å². The predicted octanol–water partition coefficient (Wildman–Crippen LogP) is 1.41. The van der Waals surface area contributed by atoms with Gasteiger partial charge in [0.15, 0.2) is 0 Å². The smallest absolute Gasteiger partial charge is 0.323 e. The summed E-state index contributed by atoms with van der Waals surface area (Å²) in [5.74, 6) is -0.358. The maximum absolute atomic E-state index is 11.3. The number of anilines is 1. The second-order valence-corrected chi connectivity index (χ2v) is 3.83. The zero-order valence-corrected chi connectivity index (χ0v) is 9.73. The van der Waals surface area contributed by atoms with E-state index in [1.165, 1.54) is 0 Å². The Morgan fingerprint density at radius 3 is 2.76 bits per heavy atom. The first-order valence-electron chi connectivity index (χ1n) is 5.21. The van der Waals surface area contributed by atoms with Gasteiger partial charge < -0.3 is 10.4 Å². The Morgan fingerprint density at radius 2 is 2.18 bits per heavy atom. The first-order chi connectivity index (χ1) is 7.99. The molecule has 0 spiro atoms. The molecule has 0 radical (unpaired) electrons. The molecule has 0 aliphatic rings. The van der Waals surface area contributed by atoms with Crippen LogP contribution in [-0.2, 0) is 4.79 Å². The average Bonchev–Trinajstić information content (AvgIpc) is 2.26. The number of aliphatic carboxylic acids is 1. The highest BCUT2D eigenvalue weighted by Gasteiger charge is 2.06. The summed E-state index contributed by atoms with van der Waals surface area (Å²) in [6.45, 7) is 3.64. The largest absolute Gasteiger partial charge is 0.480 e. The van der Waals surface area contributed by atoms with E-state index in [9.17, 15) is 9.59 Å². The lowest BCUT2D eigenvalue weighted by Gasteiger charge is -2.08. The number of nitrogens with zero attached hydrogens (tertiary/aromatic N) is 1. The molecule has 0 bridgehead atoms. The molecule has 0 unspecified atom stereocenters. The molecule has 0 aromatic carbocycles. The molecule has 1 aromatic heterocycles. The Kier molecular flexibility index (Phi) is 4.45. The minimum atomic E-state index is -1.09. The molecule has 1 heterocycles. The fourth-order valence-electron chi connectivity index (χ4n) is 1.19.